The first-order valence-corrected chi connectivity index (χ1v) is 5.50. The van der Waals surface area contributed by atoms with Crippen molar-refractivity contribution in [2.75, 3.05) is 0 Å². The van der Waals surface area contributed by atoms with Crippen LogP contribution < -0.4 is 0 Å². The molecule has 0 bridgehead atoms. The van der Waals surface area contributed by atoms with Gasteiger partial charge in [-0.2, -0.15) is 0 Å². The SMILES string of the molecule is O=C(Cn1ccnc1)c1cc(Cl)c(Cl)cc1O. The molecule has 0 aliphatic carbocycles. The number of nitrogens with zero attached hydrogens (tertiary/aromatic N) is 2. The number of phenols is 1. The van der Waals surface area contributed by atoms with Gasteiger partial charge in [-0.1, -0.05) is 23.2 Å². The third-order valence-corrected chi connectivity index (χ3v) is 2.95. The van der Waals surface area contributed by atoms with Gasteiger partial charge in [-0.25, -0.2) is 4.98 Å². The van der Waals surface area contributed by atoms with Crippen molar-refractivity contribution >= 4 is 29.0 Å². The maximum absolute atomic E-state index is 11.9. The summed E-state index contributed by atoms with van der Waals surface area (Å²) < 4.78 is 1.60. The summed E-state index contributed by atoms with van der Waals surface area (Å²) in [7, 11) is 0. The van der Waals surface area contributed by atoms with Gasteiger partial charge in [0, 0.05) is 18.5 Å². The molecule has 0 aliphatic rings. The first kappa shape index (κ1) is 12.0. The van der Waals surface area contributed by atoms with Crippen molar-refractivity contribution in [3.63, 3.8) is 0 Å². The number of benzene rings is 1. The Morgan fingerprint density at radius 1 is 1.35 bits per heavy atom. The molecule has 0 amide bonds. The third-order valence-electron chi connectivity index (χ3n) is 2.22. The zero-order valence-electron chi connectivity index (χ0n) is 8.60. The second-order valence-electron chi connectivity index (χ2n) is 3.44. The van der Waals surface area contributed by atoms with Crippen LogP contribution in [0.2, 0.25) is 10.0 Å². The molecule has 0 saturated carbocycles. The van der Waals surface area contributed by atoms with E-state index >= 15 is 0 Å². The summed E-state index contributed by atoms with van der Waals surface area (Å²) >= 11 is 11.5. The third kappa shape index (κ3) is 2.60. The topological polar surface area (TPSA) is 55.1 Å². The van der Waals surface area contributed by atoms with Crippen molar-refractivity contribution in [2.45, 2.75) is 6.54 Å². The summed E-state index contributed by atoms with van der Waals surface area (Å²) in [4.78, 5) is 15.7. The number of hydrogen-bond acceptors (Lipinski definition) is 3. The molecule has 88 valence electrons. The number of rotatable bonds is 3. The first-order valence-electron chi connectivity index (χ1n) is 4.75. The predicted octanol–water partition coefficient (Wildman–Crippen LogP) is 2.78. The van der Waals surface area contributed by atoms with E-state index in [0.717, 1.165) is 0 Å². The lowest BCUT2D eigenvalue weighted by Gasteiger charge is -2.06. The van der Waals surface area contributed by atoms with Gasteiger partial charge in [-0.05, 0) is 6.07 Å². The molecule has 0 unspecified atom stereocenters. The lowest BCUT2D eigenvalue weighted by atomic mass is 10.1. The molecule has 0 saturated heterocycles. The Hall–Kier alpha value is -1.52. The summed E-state index contributed by atoms with van der Waals surface area (Å²) in [6, 6.07) is 2.61. The summed E-state index contributed by atoms with van der Waals surface area (Å²) in [5, 5.41) is 10.1. The van der Waals surface area contributed by atoms with E-state index < -0.39 is 0 Å². The number of aromatic nitrogens is 2. The van der Waals surface area contributed by atoms with Crippen LogP contribution in [0.15, 0.2) is 30.9 Å². The Morgan fingerprint density at radius 2 is 2.06 bits per heavy atom. The van der Waals surface area contributed by atoms with E-state index in [9.17, 15) is 9.90 Å². The fraction of sp³-hybridized carbons (Fsp3) is 0.0909. The molecule has 2 aromatic rings. The minimum Gasteiger partial charge on any atom is -0.507 e. The number of ketones is 1. The number of Topliss-reactive ketones (excluding diaryl/α,β-unsaturated/α-hetero) is 1. The minimum atomic E-state index is -0.265. The van der Waals surface area contributed by atoms with Crippen molar-refractivity contribution in [3.8, 4) is 5.75 Å². The van der Waals surface area contributed by atoms with Crippen LogP contribution in [0.4, 0.5) is 0 Å². The Morgan fingerprint density at radius 3 is 2.71 bits per heavy atom. The van der Waals surface area contributed by atoms with Crippen LogP contribution in [0.25, 0.3) is 0 Å². The van der Waals surface area contributed by atoms with Crippen molar-refractivity contribution in [1.29, 1.82) is 0 Å². The monoisotopic (exact) mass is 270 g/mol. The molecule has 0 aliphatic heterocycles. The highest BCUT2D eigenvalue weighted by atomic mass is 35.5. The van der Waals surface area contributed by atoms with E-state index in [2.05, 4.69) is 4.98 Å². The number of imidazole rings is 1. The summed E-state index contributed by atoms with van der Waals surface area (Å²) in [5.74, 6) is -0.441. The van der Waals surface area contributed by atoms with Gasteiger partial charge in [0.2, 0.25) is 0 Å². The highest BCUT2D eigenvalue weighted by Gasteiger charge is 2.14. The molecule has 0 atom stereocenters. The standard InChI is InChI=1S/C11H8Cl2N2O2/c12-8-3-7(10(16)4-9(8)13)11(17)5-15-2-1-14-6-15/h1-4,6,16H,5H2. The van der Waals surface area contributed by atoms with Crippen LogP contribution in [0.1, 0.15) is 10.4 Å². The molecule has 6 heteroatoms. The molecule has 1 aromatic carbocycles. The molecule has 0 radical (unpaired) electrons. The van der Waals surface area contributed by atoms with Crippen molar-refractivity contribution in [2.24, 2.45) is 0 Å². The zero-order chi connectivity index (χ0) is 12.4. The minimum absolute atomic E-state index is 0.0888. The summed E-state index contributed by atoms with van der Waals surface area (Å²) in [6.45, 7) is 0.0888. The van der Waals surface area contributed by atoms with Crippen LogP contribution in [0.3, 0.4) is 0 Å². The summed E-state index contributed by atoms with van der Waals surface area (Å²) in [5.41, 5.74) is 0.146. The van der Waals surface area contributed by atoms with Gasteiger partial charge in [-0.3, -0.25) is 4.79 Å². The van der Waals surface area contributed by atoms with E-state index in [0.29, 0.717) is 0 Å². The predicted molar refractivity (Wildman–Crippen MR) is 64.7 cm³/mol. The molecule has 1 N–H and O–H groups in total. The fourth-order valence-electron chi connectivity index (χ4n) is 1.39. The maximum Gasteiger partial charge on any atom is 0.186 e. The highest BCUT2D eigenvalue weighted by Crippen LogP contribution is 2.30. The lowest BCUT2D eigenvalue weighted by molar-refractivity contribution is 0.0969. The Kier molecular flexibility index (Phi) is 3.36. The van der Waals surface area contributed by atoms with Gasteiger partial charge in [0.15, 0.2) is 5.78 Å². The van der Waals surface area contributed by atoms with Crippen LogP contribution in [0, 0.1) is 0 Å². The number of hydrogen-bond donors (Lipinski definition) is 1. The van der Waals surface area contributed by atoms with Crippen molar-refractivity contribution in [3.05, 3.63) is 46.5 Å². The number of carbonyl (C=O) groups excluding carboxylic acids is 1. The molecule has 2 rings (SSSR count). The first-order chi connectivity index (χ1) is 8.08. The number of phenolic OH excluding ortho intramolecular Hbond substituents is 1. The molecular weight excluding hydrogens is 263 g/mol. The van der Waals surface area contributed by atoms with Crippen molar-refractivity contribution < 1.29 is 9.90 Å². The lowest BCUT2D eigenvalue weighted by Crippen LogP contribution is -2.09. The van der Waals surface area contributed by atoms with E-state index in [1.54, 1.807) is 17.0 Å². The summed E-state index contributed by atoms with van der Waals surface area (Å²) in [6.07, 6.45) is 4.75. The normalized spacial score (nSPS) is 10.5. The van der Waals surface area contributed by atoms with Gasteiger partial charge < -0.3 is 9.67 Å². The maximum atomic E-state index is 11.9. The molecule has 1 aromatic heterocycles. The second-order valence-corrected chi connectivity index (χ2v) is 4.26. The largest absolute Gasteiger partial charge is 0.507 e. The molecule has 0 fully saturated rings. The molecule has 1 heterocycles. The molecule has 17 heavy (non-hydrogen) atoms. The average Bonchev–Trinajstić information content (AvgIpc) is 2.76. The van der Waals surface area contributed by atoms with Gasteiger partial charge in [0.1, 0.15) is 5.75 Å². The highest BCUT2D eigenvalue weighted by molar-refractivity contribution is 6.42. The smallest absolute Gasteiger partial charge is 0.186 e. The Labute approximate surface area is 107 Å². The van der Waals surface area contributed by atoms with Crippen LogP contribution in [0.5, 0.6) is 5.75 Å². The van der Waals surface area contributed by atoms with E-state index in [4.69, 9.17) is 23.2 Å². The van der Waals surface area contributed by atoms with Crippen LogP contribution in [-0.4, -0.2) is 20.4 Å². The molecule has 0 spiro atoms. The van der Waals surface area contributed by atoms with Gasteiger partial charge >= 0.3 is 0 Å². The average molecular weight is 271 g/mol. The van der Waals surface area contributed by atoms with Gasteiger partial charge in [0.05, 0.1) is 28.5 Å². The Bertz CT molecular complexity index is 553. The number of carbonyl (C=O) groups is 1. The van der Waals surface area contributed by atoms with Crippen molar-refractivity contribution in [1.82, 2.24) is 9.55 Å². The Balaban J connectivity index is 2.28. The van der Waals surface area contributed by atoms with Gasteiger partial charge in [0.25, 0.3) is 0 Å². The number of aromatic hydroxyl groups is 1. The number of halogens is 2. The second kappa shape index (κ2) is 4.77. The van der Waals surface area contributed by atoms with Gasteiger partial charge in [-0.15, -0.1) is 0 Å². The van der Waals surface area contributed by atoms with Crippen LogP contribution in [-0.2, 0) is 6.54 Å². The van der Waals surface area contributed by atoms with E-state index in [1.165, 1.54) is 18.5 Å². The molecular formula is C11H8Cl2N2O2. The molecule has 4 nitrogen and oxygen atoms in total. The van der Waals surface area contributed by atoms with Crippen LogP contribution >= 0.6 is 23.2 Å². The van der Waals surface area contributed by atoms with E-state index in [1.807, 2.05) is 0 Å². The van der Waals surface area contributed by atoms with E-state index in [-0.39, 0.29) is 33.7 Å². The fourth-order valence-corrected chi connectivity index (χ4v) is 1.71. The quantitative estimate of drug-likeness (QED) is 0.873. The zero-order valence-corrected chi connectivity index (χ0v) is 10.1.